The van der Waals surface area contributed by atoms with E-state index in [1.165, 1.54) is 5.56 Å². The summed E-state index contributed by atoms with van der Waals surface area (Å²) >= 11 is 5.00. The van der Waals surface area contributed by atoms with Crippen LogP contribution in [0.4, 0.5) is 5.82 Å². The summed E-state index contributed by atoms with van der Waals surface area (Å²) in [6, 6.07) is 12.1. The number of aromatic nitrogens is 2. The second-order valence-electron chi connectivity index (χ2n) is 3.59. The van der Waals surface area contributed by atoms with Gasteiger partial charge in [-0.25, -0.2) is 0 Å². The summed E-state index contributed by atoms with van der Waals surface area (Å²) in [4.78, 5) is 0. The van der Waals surface area contributed by atoms with Crippen LogP contribution in [0.25, 0.3) is 0 Å². The number of hydrogen-bond donors (Lipinski definition) is 2. The maximum Gasteiger partial charge on any atom is 0.171 e. The number of hydrogen-bond acceptors (Lipinski definition) is 2. The van der Waals surface area contributed by atoms with E-state index in [4.69, 9.17) is 12.2 Å². The molecule has 0 aliphatic heterocycles. The lowest BCUT2D eigenvalue weighted by molar-refractivity contribution is 0.690. The minimum Gasteiger partial charge on any atom is -0.365 e. The van der Waals surface area contributed by atoms with E-state index in [0.717, 1.165) is 12.4 Å². The highest BCUT2D eigenvalue weighted by Gasteiger charge is 2.00. The van der Waals surface area contributed by atoms with Crippen LogP contribution in [-0.2, 0) is 6.54 Å². The van der Waals surface area contributed by atoms with Crippen LogP contribution in [-0.4, -0.2) is 21.9 Å². The van der Waals surface area contributed by atoms with Crippen molar-refractivity contribution in [2.75, 3.05) is 12.4 Å². The molecule has 2 aromatic rings. The standard InChI is InChI=1S/C12H14N4S/c1-13-12(17)14-11-7-8-16(15-11)9-10-5-3-2-4-6-10/h2-8H,9H2,1H3,(H2,13,14,15,17). The molecule has 0 radical (unpaired) electrons. The second-order valence-corrected chi connectivity index (χ2v) is 4.00. The van der Waals surface area contributed by atoms with E-state index >= 15 is 0 Å². The average molecular weight is 246 g/mol. The Morgan fingerprint density at radius 1 is 1.29 bits per heavy atom. The van der Waals surface area contributed by atoms with Crippen LogP contribution < -0.4 is 10.6 Å². The van der Waals surface area contributed by atoms with Crippen molar-refractivity contribution in [3.8, 4) is 0 Å². The van der Waals surface area contributed by atoms with Gasteiger partial charge in [-0.1, -0.05) is 30.3 Å². The van der Waals surface area contributed by atoms with E-state index in [0.29, 0.717) is 5.11 Å². The number of nitrogens with one attached hydrogen (secondary N) is 2. The molecule has 5 heteroatoms. The molecule has 0 unspecified atom stereocenters. The largest absolute Gasteiger partial charge is 0.365 e. The molecule has 2 rings (SSSR count). The summed E-state index contributed by atoms with van der Waals surface area (Å²) in [6.07, 6.45) is 1.92. The molecule has 0 bridgehead atoms. The summed E-state index contributed by atoms with van der Waals surface area (Å²) in [5, 5.41) is 10.8. The van der Waals surface area contributed by atoms with Crippen molar-refractivity contribution < 1.29 is 0 Å². The fourth-order valence-corrected chi connectivity index (χ4v) is 1.57. The first kappa shape index (κ1) is 11.6. The van der Waals surface area contributed by atoms with Crippen LogP contribution in [0.15, 0.2) is 42.6 Å². The highest BCUT2D eigenvalue weighted by Crippen LogP contribution is 2.06. The highest BCUT2D eigenvalue weighted by molar-refractivity contribution is 7.80. The first-order valence-electron chi connectivity index (χ1n) is 5.34. The lowest BCUT2D eigenvalue weighted by Gasteiger charge is -2.03. The SMILES string of the molecule is CNC(=S)Nc1ccn(Cc2ccccc2)n1. The topological polar surface area (TPSA) is 41.9 Å². The molecular formula is C12H14N4S. The van der Waals surface area contributed by atoms with Crippen molar-refractivity contribution in [3.63, 3.8) is 0 Å². The minimum absolute atomic E-state index is 0.565. The Hall–Kier alpha value is -1.88. The Morgan fingerprint density at radius 3 is 2.76 bits per heavy atom. The van der Waals surface area contributed by atoms with Crippen molar-refractivity contribution in [1.29, 1.82) is 0 Å². The van der Waals surface area contributed by atoms with Gasteiger partial charge in [0.05, 0.1) is 6.54 Å². The van der Waals surface area contributed by atoms with E-state index in [9.17, 15) is 0 Å². The zero-order chi connectivity index (χ0) is 12.1. The Bertz CT molecular complexity index is 492. The predicted molar refractivity (Wildman–Crippen MR) is 73.1 cm³/mol. The fourth-order valence-electron chi connectivity index (χ4n) is 1.47. The molecule has 0 aliphatic carbocycles. The van der Waals surface area contributed by atoms with Gasteiger partial charge in [-0.15, -0.1) is 0 Å². The van der Waals surface area contributed by atoms with Gasteiger partial charge < -0.3 is 10.6 Å². The number of anilines is 1. The van der Waals surface area contributed by atoms with Gasteiger partial charge in [0.2, 0.25) is 0 Å². The molecule has 0 amide bonds. The second kappa shape index (κ2) is 5.45. The first-order valence-corrected chi connectivity index (χ1v) is 5.75. The highest BCUT2D eigenvalue weighted by atomic mass is 32.1. The smallest absolute Gasteiger partial charge is 0.171 e. The monoisotopic (exact) mass is 246 g/mol. The summed E-state index contributed by atoms with van der Waals surface area (Å²) in [5.74, 6) is 0.750. The third-order valence-corrected chi connectivity index (χ3v) is 2.60. The maximum absolute atomic E-state index is 5.00. The van der Waals surface area contributed by atoms with Crippen molar-refractivity contribution in [3.05, 3.63) is 48.2 Å². The van der Waals surface area contributed by atoms with Gasteiger partial charge in [-0.3, -0.25) is 4.68 Å². The molecule has 1 aromatic heterocycles. The Balaban J connectivity index is 2.01. The van der Waals surface area contributed by atoms with Gasteiger partial charge in [0, 0.05) is 19.3 Å². The van der Waals surface area contributed by atoms with Crippen molar-refractivity contribution in [1.82, 2.24) is 15.1 Å². The fraction of sp³-hybridized carbons (Fsp3) is 0.167. The molecule has 17 heavy (non-hydrogen) atoms. The van der Waals surface area contributed by atoms with Crippen LogP contribution >= 0.6 is 12.2 Å². The van der Waals surface area contributed by atoms with Crippen LogP contribution in [0.2, 0.25) is 0 Å². The quantitative estimate of drug-likeness (QED) is 0.811. The van der Waals surface area contributed by atoms with E-state index in [-0.39, 0.29) is 0 Å². The van der Waals surface area contributed by atoms with Crippen molar-refractivity contribution >= 4 is 23.1 Å². The van der Waals surface area contributed by atoms with Crippen molar-refractivity contribution in [2.24, 2.45) is 0 Å². The van der Waals surface area contributed by atoms with E-state index < -0.39 is 0 Å². The Kier molecular flexibility index (Phi) is 3.72. The summed E-state index contributed by atoms with van der Waals surface area (Å²) in [5.41, 5.74) is 1.22. The van der Waals surface area contributed by atoms with Gasteiger partial charge in [0.15, 0.2) is 10.9 Å². The van der Waals surface area contributed by atoms with Gasteiger partial charge in [-0.2, -0.15) is 5.10 Å². The summed E-state index contributed by atoms with van der Waals surface area (Å²) < 4.78 is 1.87. The minimum atomic E-state index is 0.565. The van der Waals surface area contributed by atoms with Gasteiger partial charge in [0.25, 0.3) is 0 Å². The third kappa shape index (κ3) is 3.29. The molecule has 1 aromatic carbocycles. The predicted octanol–water partition coefficient (Wildman–Crippen LogP) is 1.85. The van der Waals surface area contributed by atoms with Crippen molar-refractivity contribution in [2.45, 2.75) is 6.54 Å². The lowest BCUT2D eigenvalue weighted by Crippen LogP contribution is -2.24. The molecule has 88 valence electrons. The van der Waals surface area contributed by atoms with E-state index in [1.54, 1.807) is 7.05 Å². The molecule has 0 fully saturated rings. The van der Waals surface area contributed by atoms with Crippen LogP contribution in [0, 0.1) is 0 Å². The summed E-state index contributed by atoms with van der Waals surface area (Å²) in [7, 11) is 1.77. The molecule has 0 atom stereocenters. The molecule has 0 saturated carbocycles. The van der Waals surface area contributed by atoms with Gasteiger partial charge in [0.1, 0.15) is 0 Å². The van der Waals surface area contributed by atoms with Crippen LogP contribution in [0.1, 0.15) is 5.56 Å². The molecule has 0 saturated heterocycles. The van der Waals surface area contributed by atoms with E-state index in [2.05, 4.69) is 27.9 Å². The number of rotatable bonds is 3. The first-order chi connectivity index (χ1) is 8.28. The molecule has 1 heterocycles. The van der Waals surface area contributed by atoms with Crippen LogP contribution in [0.5, 0.6) is 0 Å². The third-order valence-electron chi connectivity index (χ3n) is 2.30. The summed E-state index contributed by atoms with van der Waals surface area (Å²) in [6.45, 7) is 0.759. The maximum atomic E-state index is 5.00. The van der Waals surface area contributed by atoms with Gasteiger partial charge >= 0.3 is 0 Å². The molecular weight excluding hydrogens is 232 g/mol. The Labute approximate surface area is 106 Å². The lowest BCUT2D eigenvalue weighted by atomic mass is 10.2. The molecule has 4 nitrogen and oxygen atoms in total. The Morgan fingerprint density at radius 2 is 2.06 bits per heavy atom. The van der Waals surface area contributed by atoms with Gasteiger partial charge in [-0.05, 0) is 17.8 Å². The normalized spacial score (nSPS) is 9.94. The molecule has 2 N–H and O–H groups in total. The molecule has 0 spiro atoms. The number of nitrogens with zero attached hydrogens (tertiary/aromatic N) is 2. The van der Waals surface area contributed by atoms with E-state index in [1.807, 2.05) is 35.1 Å². The average Bonchev–Trinajstić information content (AvgIpc) is 2.77. The zero-order valence-corrected chi connectivity index (χ0v) is 10.4. The zero-order valence-electron chi connectivity index (χ0n) is 9.55. The molecule has 0 aliphatic rings. The number of thiocarbonyl (C=S) groups is 1. The van der Waals surface area contributed by atoms with Crippen LogP contribution in [0.3, 0.4) is 0 Å². The number of benzene rings is 1.